The Balaban J connectivity index is 1.48. The molecule has 0 spiro atoms. The van der Waals surface area contributed by atoms with E-state index in [1.165, 1.54) is 5.56 Å². The molecule has 0 N–H and O–H groups in total. The zero-order chi connectivity index (χ0) is 19.2. The van der Waals surface area contributed by atoms with Crippen molar-refractivity contribution in [2.45, 2.75) is 25.3 Å². The maximum Gasteiger partial charge on any atom is 0.146 e. The van der Waals surface area contributed by atoms with Crippen LogP contribution in [0.4, 0.5) is 0 Å². The van der Waals surface area contributed by atoms with Crippen molar-refractivity contribution in [3.8, 4) is 5.75 Å². The lowest BCUT2D eigenvalue weighted by Gasteiger charge is -2.30. The first kappa shape index (κ1) is 19.6. The van der Waals surface area contributed by atoms with Crippen LogP contribution in [-0.4, -0.2) is 65.4 Å². The fraction of sp³-hybridized carbons (Fsp3) is 0.524. The summed E-state index contributed by atoms with van der Waals surface area (Å²) in [4.78, 5) is 4.64. The number of nitrogens with zero attached hydrogens (tertiary/aromatic N) is 5. The van der Waals surface area contributed by atoms with Crippen LogP contribution < -0.4 is 4.74 Å². The van der Waals surface area contributed by atoms with Crippen LogP contribution in [0.25, 0.3) is 6.08 Å². The third-order valence-corrected chi connectivity index (χ3v) is 5.20. The molecule has 0 atom stereocenters. The molecule has 0 radical (unpaired) electrons. The van der Waals surface area contributed by atoms with Gasteiger partial charge in [-0.3, -0.25) is 4.90 Å². The van der Waals surface area contributed by atoms with Gasteiger partial charge in [-0.2, -0.15) is 0 Å². The fourth-order valence-electron chi connectivity index (χ4n) is 3.58. The molecule has 0 aliphatic carbocycles. The lowest BCUT2D eigenvalue weighted by atomic mass is 9.96. The van der Waals surface area contributed by atoms with Crippen LogP contribution in [0.15, 0.2) is 30.3 Å². The lowest BCUT2D eigenvalue weighted by Crippen LogP contribution is -2.33. The van der Waals surface area contributed by atoms with Crippen molar-refractivity contribution in [2.24, 2.45) is 7.05 Å². The standard InChI is InChI=1S/C21H31N5O/c1-24(2)16-20-22-23-21(25(20)3)18-11-14-26(15-12-18)13-5-6-17-7-9-19(27-4)10-8-17/h5-10,18H,11-16H2,1-4H3. The molecule has 0 saturated carbocycles. The number of hydrogen-bond acceptors (Lipinski definition) is 5. The number of aromatic nitrogens is 3. The summed E-state index contributed by atoms with van der Waals surface area (Å²) in [5.41, 5.74) is 1.21. The Morgan fingerprint density at radius 2 is 1.85 bits per heavy atom. The zero-order valence-corrected chi connectivity index (χ0v) is 16.9. The summed E-state index contributed by atoms with van der Waals surface area (Å²) in [5.74, 6) is 3.59. The van der Waals surface area contributed by atoms with Crippen LogP contribution in [0.1, 0.15) is 36.0 Å². The Kier molecular flexibility index (Phi) is 6.63. The largest absolute Gasteiger partial charge is 0.497 e. The first-order valence-electron chi connectivity index (χ1n) is 9.62. The molecule has 1 saturated heterocycles. The normalized spacial score (nSPS) is 16.5. The summed E-state index contributed by atoms with van der Waals surface area (Å²) in [6.45, 7) is 4.03. The van der Waals surface area contributed by atoms with Crippen molar-refractivity contribution in [1.29, 1.82) is 0 Å². The number of benzene rings is 1. The van der Waals surface area contributed by atoms with E-state index in [4.69, 9.17) is 4.74 Å². The van der Waals surface area contributed by atoms with Crippen LogP contribution in [0.2, 0.25) is 0 Å². The van der Waals surface area contributed by atoms with E-state index < -0.39 is 0 Å². The summed E-state index contributed by atoms with van der Waals surface area (Å²) in [7, 11) is 7.91. The Morgan fingerprint density at radius 1 is 1.15 bits per heavy atom. The summed E-state index contributed by atoms with van der Waals surface area (Å²) in [6.07, 6.45) is 6.72. The van der Waals surface area contributed by atoms with Crippen molar-refractivity contribution in [3.63, 3.8) is 0 Å². The van der Waals surface area contributed by atoms with Gasteiger partial charge in [-0.1, -0.05) is 24.3 Å². The highest BCUT2D eigenvalue weighted by Gasteiger charge is 2.24. The topological polar surface area (TPSA) is 46.4 Å². The summed E-state index contributed by atoms with van der Waals surface area (Å²) < 4.78 is 7.38. The minimum Gasteiger partial charge on any atom is -0.497 e. The predicted octanol–water partition coefficient (Wildman–Crippen LogP) is 2.78. The minimum atomic E-state index is 0.514. The molecule has 146 valence electrons. The fourth-order valence-corrected chi connectivity index (χ4v) is 3.58. The summed E-state index contributed by atoms with van der Waals surface area (Å²) in [5, 5.41) is 8.86. The van der Waals surface area contributed by atoms with Crippen molar-refractivity contribution in [2.75, 3.05) is 40.8 Å². The van der Waals surface area contributed by atoms with Gasteiger partial charge in [0.15, 0.2) is 0 Å². The average Bonchev–Trinajstić information content (AvgIpc) is 3.03. The van der Waals surface area contributed by atoms with Gasteiger partial charge in [-0.25, -0.2) is 0 Å². The summed E-state index contributed by atoms with van der Waals surface area (Å²) >= 11 is 0. The van der Waals surface area contributed by atoms with Crippen LogP contribution in [-0.2, 0) is 13.6 Å². The number of likely N-dealkylation sites (tertiary alicyclic amines) is 1. The molecule has 1 fully saturated rings. The number of methoxy groups -OCH3 is 1. The maximum absolute atomic E-state index is 5.20. The Labute approximate surface area is 162 Å². The van der Waals surface area contributed by atoms with Crippen LogP contribution in [0.5, 0.6) is 5.75 Å². The van der Waals surface area contributed by atoms with E-state index in [9.17, 15) is 0 Å². The molecule has 0 bridgehead atoms. The second kappa shape index (κ2) is 9.15. The van der Waals surface area contributed by atoms with E-state index in [1.54, 1.807) is 7.11 Å². The molecule has 2 heterocycles. The molecule has 0 unspecified atom stereocenters. The van der Waals surface area contributed by atoms with Gasteiger partial charge in [-0.05, 0) is 57.7 Å². The zero-order valence-electron chi connectivity index (χ0n) is 16.9. The lowest BCUT2D eigenvalue weighted by molar-refractivity contribution is 0.227. The van der Waals surface area contributed by atoms with E-state index in [0.29, 0.717) is 5.92 Å². The monoisotopic (exact) mass is 369 g/mol. The van der Waals surface area contributed by atoms with Gasteiger partial charge < -0.3 is 14.2 Å². The quantitative estimate of drug-likeness (QED) is 0.751. The van der Waals surface area contributed by atoms with Crippen molar-refractivity contribution in [1.82, 2.24) is 24.6 Å². The van der Waals surface area contributed by atoms with Gasteiger partial charge >= 0.3 is 0 Å². The second-order valence-electron chi connectivity index (χ2n) is 7.52. The highest BCUT2D eigenvalue weighted by atomic mass is 16.5. The SMILES string of the molecule is COc1ccc(C=CCN2CCC(c3nnc(CN(C)C)n3C)CC2)cc1. The van der Waals surface area contributed by atoms with Gasteiger partial charge in [0.1, 0.15) is 17.4 Å². The van der Waals surface area contributed by atoms with E-state index in [2.05, 4.69) is 70.0 Å². The molecular weight excluding hydrogens is 338 g/mol. The Morgan fingerprint density at radius 3 is 2.48 bits per heavy atom. The molecule has 6 nitrogen and oxygen atoms in total. The molecule has 2 aromatic rings. The van der Waals surface area contributed by atoms with Gasteiger partial charge in [0.25, 0.3) is 0 Å². The number of ether oxygens (including phenoxy) is 1. The smallest absolute Gasteiger partial charge is 0.146 e. The van der Waals surface area contributed by atoms with Gasteiger partial charge in [0.2, 0.25) is 0 Å². The highest BCUT2D eigenvalue weighted by Crippen LogP contribution is 2.27. The predicted molar refractivity (Wildman–Crippen MR) is 109 cm³/mol. The highest BCUT2D eigenvalue weighted by molar-refractivity contribution is 5.50. The van der Waals surface area contributed by atoms with Gasteiger partial charge in [-0.15, -0.1) is 10.2 Å². The first-order valence-corrected chi connectivity index (χ1v) is 9.62. The van der Waals surface area contributed by atoms with Crippen molar-refractivity contribution in [3.05, 3.63) is 47.6 Å². The third kappa shape index (κ3) is 5.17. The molecule has 3 rings (SSSR count). The van der Waals surface area contributed by atoms with Crippen molar-refractivity contribution >= 4 is 6.08 Å². The molecule has 27 heavy (non-hydrogen) atoms. The molecule has 1 aliphatic rings. The van der Waals surface area contributed by atoms with Gasteiger partial charge in [0.05, 0.1) is 13.7 Å². The van der Waals surface area contributed by atoms with E-state index in [1.807, 2.05) is 12.1 Å². The molecule has 1 aromatic carbocycles. The van der Waals surface area contributed by atoms with Crippen LogP contribution in [0, 0.1) is 0 Å². The third-order valence-electron chi connectivity index (χ3n) is 5.20. The summed E-state index contributed by atoms with van der Waals surface area (Å²) in [6, 6.07) is 8.16. The molecule has 1 aromatic heterocycles. The molecule has 1 aliphatic heterocycles. The first-order chi connectivity index (χ1) is 13.1. The van der Waals surface area contributed by atoms with Gasteiger partial charge in [0, 0.05) is 19.5 Å². The van der Waals surface area contributed by atoms with E-state index >= 15 is 0 Å². The Bertz CT molecular complexity index is 742. The maximum atomic E-state index is 5.20. The minimum absolute atomic E-state index is 0.514. The molecule has 0 amide bonds. The van der Waals surface area contributed by atoms with Crippen LogP contribution >= 0.6 is 0 Å². The number of piperidine rings is 1. The van der Waals surface area contributed by atoms with Crippen LogP contribution in [0.3, 0.4) is 0 Å². The molecular formula is C21H31N5O. The Hall–Kier alpha value is -2.18. The number of hydrogen-bond donors (Lipinski definition) is 0. The van der Waals surface area contributed by atoms with E-state index in [0.717, 1.165) is 56.4 Å². The molecule has 6 heteroatoms. The second-order valence-corrected chi connectivity index (χ2v) is 7.52. The average molecular weight is 370 g/mol. The van der Waals surface area contributed by atoms with E-state index in [-0.39, 0.29) is 0 Å². The van der Waals surface area contributed by atoms with Crippen molar-refractivity contribution < 1.29 is 4.74 Å². The number of rotatable bonds is 7.